The van der Waals surface area contributed by atoms with Gasteiger partial charge in [0.25, 0.3) is 0 Å². The molecule has 4 heteroatoms. The third-order valence-electron chi connectivity index (χ3n) is 1.65. The number of oxime groups is 1. The smallest absolute Gasteiger partial charge is 0.0931 e. The lowest BCUT2D eigenvalue weighted by molar-refractivity contribution is 0.322. The van der Waals surface area contributed by atoms with Crippen molar-refractivity contribution < 1.29 is 5.21 Å². The van der Waals surface area contributed by atoms with Crippen LogP contribution in [0.5, 0.6) is 0 Å². The van der Waals surface area contributed by atoms with Crippen LogP contribution >= 0.6 is 0 Å². The number of fused-ring (bicyclic) bond motifs is 1. The molecule has 1 aromatic heterocycles. The third-order valence-corrected chi connectivity index (χ3v) is 1.65. The second-order valence-electron chi connectivity index (χ2n) is 2.42. The molecule has 12 heavy (non-hydrogen) atoms. The van der Waals surface area contributed by atoms with E-state index in [-0.39, 0.29) is 0 Å². The van der Waals surface area contributed by atoms with Crippen molar-refractivity contribution in [2.24, 2.45) is 5.16 Å². The number of aromatic amines is 1. The van der Waals surface area contributed by atoms with Gasteiger partial charge < -0.3 is 10.2 Å². The quantitative estimate of drug-likeness (QED) is 0.377. The molecule has 60 valence electrons. The van der Waals surface area contributed by atoms with E-state index in [1.165, 1.54) is 6.21 Å². The molecule has 0 aliphatic heterocycles. The van der Waals surface area contributed by atoms with Crippen molar-refractivity contribution in [3.63, 3.8) is 0 Å². The van der Waals surface area contributed by atoms with Gasteiger partial charge in [0.15, 0.2) is 0 Å². The van der Waals surface area contributed by atoms with Crippen LogP contribution in [-0.4, -0.2) is 21.4 Å². The summed E-state index contributed by atoms with van der Waals surface area (Å²) in [5, 5.41) is 11.2. The van der Waals surface area contributed by atoms with E-state index in [2.05, 4.69) is 15.1 Å². The Kier molecular flexibility index (Phi) is 1.51. The summed E-state index contributed by atoms with van der Waals surface area (Å²) in [4.78, 5) is 7.02. The molecule has 0 fully saturated rings. The Labute approximate surface area is 68.6 Å². The van der Waals surface area contributed by atoms with Crippen molar-refractivity contribution in [3.05, 3.63) is 30.1 Å². The molecule has 1 heterocycles. The predicted molar refractivity (Wildman–Crippen MR) is 45.5 cm³/mol. The van der Waals surface area contributed by atoms with E-state index in [0.29, 0.717) is 0 Å². The minimum absolute atomic E-state index is 0.842. The maximum atomic E-state index is 8.29. The van der Waals surface area contributed by atoms with Gasteiger partial charge in [-0.25, -0.2) is 4.98 Å². The Morgan fingerprint density at radius 1 is 1.50 bits per heavy atom. The molecule has 1 aromatic carbocycles. The molecule has 2 aromatic rings. The van der Waals surface area contributed by atoms with E-state index in [1.54, 1.807) is 6.33 Å². The Balaban J connectivity index is 2.60. The second kappa shape index (κ2) is 2.65. The number of hydrogen-bond acceptors (Lipinski definition) is 3. The molecule has 2 rings (SSSR count). The molecule has 0 aliphatic carbocycles. The second-order valence-corrected chi connectivity index (χ2v) is 2.42. The number of nitrogens with zero attached hydrogens (tertiary/aromatic N) is 2. The maximum Gasteiger partial charge on any atom is 0.0931 e. The van der Waals surface area contributed by atoms with Crippen LogP contribution < -0.4 is 0 Å². The molecule has 0 amide bonds. The van der Waals surface area contributed by atoms with E-state index >= 15 is 0 Å². The summed E-state index contributed by atoms with van der Waals surface area (Å²) in [7, 11) is 0. The van der Waals surface area contributed by atoms with Gasteiger partial charge in [-0.15, -0.1) is 0 Å². The van der Waals surface area contributed by atoms with Gasteiger partial charge >= 0.3 is 0 Å². The molecule has 0 aliphatic rings. The zero-order valence-corrected chi connectivity index (χ0v) is 6.23. The highest BCUT2D eigenvalue weighted by atomic mass is 16.4. The molecule has 0 saturated carbocycles. The number of rotatable bonds is 1. The van der Waals surface area contributed by atoms with Crippen LogP contribution in [0.4, 0.5) is 0 Å². The van der Waals surface area contributed by atoms with Gasteiger partial charge in [0.2, 0.25) is 0 Å². The standard InChI is InChI=1S/C8H7N3O/c12-11-4-6-1-2-7-8(3-6)10-5-9-7/h1-5,12H,(H,9,10)/b11-4+. The summed E-state index contributed by atoms with van der Waals surface area (Å²) in [5.41, 5.74) is 2.69. The lowest BCUT2D eigenvalue weighted by Crippen LogP contribution is -1.80. The summed E-state index contributed by atoms with van der Waals surface area (Å²) in [6, 6.07) is 5.56. The van der Waals surface area contributed by atoms with Crippen molar-refractivity contribution in [3.8, 4) is 0 Å². The predicted octanol–water partition coefficient (Wildman–Crippen LogP) is 1.37. The van der Waals surface area contributed by atoms with Gasteiger partial charge in [0.1, 0.15) is 0 Å². The third kappa shape index (κ3) is 1.03. The maximum absolute atomic E-state index is 8.29. The van der Waals surface area contributed by atoms with Gasteiger partial charge in [0.05, 0.1) is 23.6 Å². The summed E-state index contributed by atoms with van der Waals surface area (Å²) < 4.78 is 0. The first kappa shape index (κ1) is 6.84. The first-order chi connectivity index (χ1) is 5.90. The first-order valence-corrected chi connectivity index (χ1v) is 3.51. The molecule has 0 radical (unpaired) electrons. The zero-order chi connectivity index (χ0) is 8.39. The first-order valence-electron chi connectivity index (χ1n) is 3.51. The number of aromatic nitrogens is 2. The molecule has 0 unspecified atom stereocenters. The van der Waals surface area contributed by atoms with E-state index < -0.39 is 0 Å². The summed E-state index contributed by atoms with van der Waals surface area (Å²) >= 11 is 0. The van der Waals surface area contributed by atoms with Crippen molar-refractivity contribution in [1.82, 2.24) is 9.97 Å². The fraction of sp³-hybridized carbons (Fsp3) is 0. The SMILES string of the molecule is O/N=C/c1ccc2nc[nH]c2c1. The minimum Gasteiger partial charge on any atom is -0.411 e. The molecular formula is C8H7N3O. The topological polar surface area (TPSA) is 61.3 Å². The minimum atomic E-state index is 0.842. The fourth-order valence-corrected chi connectivity index (χ4v) is 1.10. The lowest BCUT2D eigenvalue weighted by Gasteiger charge is -1.90. The van der Waals surface area contributed by atoms with Crippen LogP contribution in [0.15, 0.2) is 29.7 Å². The summed E-state index contributed by atoms with van der Waals surface area (Å²) in [6.45, 7) is 0. The Hall–Kier alpha value is -1.84. The number of imidazole rings is 1. The fourth-order valence-electron chi connectivity index (χ4n) is 1.10. The average Bonchev–Trinajstić information content (AvgIpc) is 2.51. The number of hydrogen-bond donors (Lipinski definition) is 2. The van der Waals surface area contributed by atoms with Gasteiger partial charge in [0, 0.05) is 0 Å². The van der Waals surface area contributed by atoms with Gasteiger partial charge in [-0.3, -0.25) is 0 Å². The van der Waals surface area contributed by atoms with Crippen LogP contribution in [0.3, 0.4) is 0 Å². The van der Waals surface area contributed by atoms with Crippen molar-refractivity contribution in [2.45, 2.75) is 0 Å². The molecule has 0 bridgehead atoms. The largest absolute Gasteiger partial charge is 0.411 e. The van der Waals surface area contributed by atoms with Crippen molar-refractivity contribution >= 4 is 17.2 Å². The molecule has 2 N–H and O–H groups in total. The van der Waals surface area contributed by atoms with Crippen molar-refractivity contribution in [1.29, 1.82) is 0 Å². The van der Waals surface area contributed by atoms with Crippen molar-refractivity contribution in [2.75, 3.05) is 0 Å². The average molecular weight is 161 g/mol. The normalized spacial score (nSPS) is 11.3. The van der Waals surface area contributed by atoms with Gasteiger partial charge in [-0.2, -0.15) is 0 Å². The molecule has 0 spiro atoms. The summed E-state index contributed by atoms with van der Waals surface area (Å²) in [5.74, 6) is 0. The van der Waals surface area contributed by atoms with Crippen LogP contribution in [0.2, 0.25) is 0 Å². The number of benzene rings is 1. The van der Waals surface area contributed by atoms with Gasteiger partial charge in [-0.05, 0) is 17.7 Å². The Morgan fingerprint density at radius 2 is 2.42 bits per heavy atom. The molecular weight excluding hydrogens is 154 g/mol. The lowest BCUT2D eigenvalue weighted by atomic mass is 10.2. The molecule has 0 saturated heterocycles. The van der Waals surface area contributed by atoms with Crippen LogP contribution in [-0.2, 0) is 0 Å². The van der Waals surface area contributed by atoms with E-state index in [9.17, 15) is 0 Å². The van der Waals surface area contributed by atoms with E-state index in [0.717, 1.165) is 16.6 Å². The van der Waals surface area contributed by atoms with E-state index in [1.807, 2.05) is 18.2 Å². The highest BCUT2D eigenvalue weighted by molar-refractivity contribution is 5.86. The summed E-state index contributed by atoms with van der Waals surface area (Å²) in [6.07, 6.45) is 3.00. The van der Waals surface area contributed by atoms with Crippen LogP contribution in [0, 0.1) is 0 Å². The van der Waals surface area contributed by atoms with E-state index in [4.69, 9.17) is 5.21 Å². The highest BCUT2D eigenvalue weighted by Crippen LogP contribution is 2.09. The van der Waals surface area contributed by atoms with Crippen LogP contribution in [0.25, 0.3) is 11.0 Å². The van der Waals surface area contributed by atoms with Gasteiger partial charge in [-0.1, -0.05) is 11.2 Å². The molecule has 0 atom stereocenters. The number of H-pyrrole nitrogens is 1. The Bertz CT molecular complexity index is 419. The molecule has 4 nitrogen and oxygen atoms in total. The Morgan fingerprint density at radius 3 is 3.25 bits per heavy atom. The number of nitrogens with one attached hydrogen (secondary N) is 1. The highest BCUT2D eigenvalue weighted by Gasteiger charge is 1.95. The van der Waals surface area contributed by atoms with Crippen LogP contribution in [0.1, 0.15) is 5.56 Å². The monoisotopic (exact) mass is 161 g/mol. The zero-order valence-electron chi connectivity index (χ0n) is 6.23.